The number of hydrogen-bond donors (Lipinski definition) is 2. The Hall–Kier alpha value is -2.13. The number of carbonyl (C=O) groups excluding carboxylic acids is 2. The van der Waals surface area contributed by atoms with Gasteiger partial charge in [0.1, 0.15) is 9.84 Å². The number of piperazine rings is 1. The quantitative estimate of drug-likeness (QED) is 0.736. The molecule has 2 N–H and O–H groups in total. The number of nitrogens with zero attached hydrogens (tertiary/aromatic N) is 2. The minimum absolute atomic E-state index is 0.0711. The lowest BCUT2D eigenvalue weighted by atomic mass is 10.3. The largest absolute Gasteiger partial charge is 0.337 e. The van der Waals surface area contributed by atoms with Crippen molar-refractivity contribution in [1.82, 2.24) is 15.1 Å². The summed E-state index contributed by atoms with van der Waals surface area (Å²) in [6.07, 6.45) is 1.14. The van der Waals surface area contributed by atoms with Gasteiger partial charge in [0, 0.05) is 44.7 Å². The number of benzene rings is 1. The summed E-state index contributed by atoms with van der Waals surface area (Å²) in [5.74, 6) is -0.157. The molecule has 1 heterocycles. The van der Waals surface area contributed by atoms with Crippen LogP contribution in [0.2, 0.25) is 0 Å². The van der Waals surface area contributed by atoms with Crippen LogP contribution in [-0.2, 0) is 14.6 Å². The first-order valence-electron chi connectivity index (χ1n) is 8.11. The van der Waals surface area contributed by atoms with Crippen LogP contribution < -0.4 is 10.6 Å². The average Bonchev–Trinajstić information content (AvgIpc) is 2.55. The van der Waals surface area contributed by atoms with Crippen LogP contribution in [0.3, 0.4) is 0 Å². The zero-order chi connectivity index (χ0) is 18.3. The Morgan fingerprint density at radius 1 is 1.08 bits per heavy atom. The molecule has 0 atom stereocenters. The molecule has 138 valence electrons. The van der Waals surface area contributed by atoms with Gasteiger partial charge in [0.05, 0.1) is 12.3 Å². The van der Waals surface area contributed by atoms with Crippen LogP contribution in [-0.4, -0.2) is 81.4 Å². The summed E-state index contributed by atoms with van der Waals surface area (Å²) in [6, 6.07) is 8.99. The lowest BCUT2D eigenvalue weighted by Crippen LogP contribution is -2.53. The third-order valence-corrected chi connectivity index (χ3v) is 4.78. The van der Waals surface area contributed by atoms with Gasteiger partial charge >= 0.3 is 6.03 Å². The predicted molar refractivity (Wildman–Crippen MR) is 96.2 cm³/mol. The molecule has 1 saturated heterocycles. The van der Waals surface area contributed by atoms with Crippen LogP contribution in [0, 0.1) is 0 Å². The summed E-state index contributed by atoms with van der Waals surface area (Å²) in [5, 5.41) is 5.44. The number of rotatable bonds is 6. The van der Waals surface area contributed by atoms with Crippen molar-refractivity contribution < 1.29 is 18.0 Å². The number of urea groups is 1. The summed E-state index contributed by atoms with van der Waals surface area (Å²) in [7, 11) is -3.08. The second-order valence-corrected chi connectivity index (χ2v) is 8.30. The van der Waals surface area contributed by atoms with E-state index in [1.54, 1.807) is 4.90 Å². The fraction of sp³-hybridized carbons (Fsp3) is 0.500. The topological polar surface area (TPSA) is 98.8 Å². The van der Waals surface area contributed by atoms with Crippen LogP contribution in [0.25, 0.3) is 0 Å². The number of anilines is 1. The molecule has 1 aromatic carbocycles. The van der Waals surface area contributed by atoms with Crippen LogP contribution >= 0.6 is 0 Å². The van der Waals surface area contributed by atoms with Gasteiger partial charge in [0.25, 0.3) is 0 Å². The van der Waals surface area contributed by atoms with Gasteiger partial charge in [-0.25, -0.2) is 13.2 Å². The molecule has 1 aliphatic rings. The Morgan fingerprint density at radius 2 is 1.72 bits per heavy atom. The maximum Gasteiger partial charge on any atom is 0.317 e. The van der Waals surface area contributed by atoms with Gasteiger partial charge in [-0.3, -0.25) is 9.69 Å². The molecule has 1 aliphatic heterocycles. The van der Waals surface area contributed by atoms with Crippen molar-refractivity contribution in [3.05, 3.63) is 30.3 Å². The number of hydrogen-bond acceptors (Lipinski definition) is 5. The highest BCUT2D eigenvalue weighted by Crippen LogP contribution is 2.06. The number of amides is 3. The monoisotopic (exact) mass is 368 g/mol. The fourth-order valence-electron chi connectivity index (χ4n) is 2.49. The summed E-state index contributed by atoms with van der Waals surface area (Å²) in [6.45, 7) is 2.59. The van der Waals surface area contributed by atoms with E-state index in [4.69, 9.17) is 0 Å². The van der Waals surface area contributed by atoms with Crippen molar-refractivity contribution in [1.29, 1.82) is 0 Å². The predicted octanol–water partition coefficient (Wildman–Crippen LogP) is -0.00310. The van der Waals surface area contributed by atoms with E-state index in [-0.39, 0.29) is 30.8 Å². The first-order valence-corrected chi connectivity index (χ1v) is 10.2. The van der Waals surface area contributed by atoms with Gasteiger partial charge < -0.3 is 15.5 Å². The van der Waals surface area contributed by atoms with E-state index >= 15 is 0 Å². The first kappa shape index (κ1) is 19.2. The van der Waals surface area contributed by atoms with E-state index < -0.39 is 9.84 Å². The molecule has 8 nitrogen and oxygen atoms in total. The molecule has 1 aromatic rings. The lowest BCUT2D eigenvalue weighted by molar-refractivity contribution is -0.117. The van der Waals surface area contributed by atoms with Crippen molar-refractivity contribution in [2.24, 2.45) is 0 Å². The maximum atomic E-state index is 12.0. The number of carbonyl (C=O) groups is 2. The number of nitrogens with one attached hydrogen (secondary N) is 2. The maximum absolute atomic E-state index is 12.0. The highest BCUT2D eigenvalue weighted by atomic mass is 32.2. The molecule has 9 heteroatoms. The van der Waals surface area contributed by atoms with E-state index in [2.05, 4.69) is 10.6 Å². The Kier molecular flexibility index (Phi) is 6.77. The van der Waals surface area contributed by atoms with Crippen molar-refractivity contribution in [3.8, 4) is 0 Å². The molecule has 0 aromatic heterocycles. The minimum atomic E-state index is -3.08. The molecule has 0 unspecified atom stereocenters. The van der Waals surface area contributed by atoms with Gasteiger partial charge in [-0.1, -0.05) is 18.2 Å². The molecule has 0 aliphatic carbocycles. The van der Waals surface area contributed by atoms with Gasteiger partial charge in [-0.05, 0) is 12.1 Å². The standard InChI is InChI=1S/C16H24N4O4S/c1-25(23,24)12-7-17-16(22)20-10-8-19(9-11-20)13-15(21)18-14-5-3-2-4-6-14/h2-6H,7-13H2,1H3,(H,17,22)(H,18,21). The summed E-state index contributed by atoms with van der Waals surface area (Å²) in [4.78, 5) is 27.6. The highest BCUT2D eigenvalue weighted by Gasteiger charge is 2.22. The van der Waals surface area contributed by atoms with Crippen molar-refractivity contribution >= 4 is 27.5 Å². The summed E-state index contributed by atoms with van der Waals surface area (Å²) >= 11 is 0. The van der Waals surface area contributed by atoms with Gasteiger partial charge in [0.2, 0.25) is 5.91 Å². The van der Waals surface area contributed by atoms with E-state index in [0.717, 1.165) is 11.9 Å². The molecular weight excluding hydrogens is 344 g/mol. The fourth-order valence-corrected chi connectivity index (χ4v) is 2.96. The molecule has 3 amide bonds. The van der Waals surface area contributed by atoms with Crippen LogP contribution in [0.15, 0.2) is 30.3 Å². The van der Waals surface area contributed by atoms with E-state index in [0.29, 0.717) is 26.2 Å². The first-order chi connectivity index (χ1) is 11.8. The van der Waals surface area contributed by atoms with Crippen molar-refractivity contribution in [2.75, 3.05) is 56.6 Å². The third kappa shape index (κ3) is 7.10. The normalized spacial score (nSPS) is 15.6. The summed E-state index contributed by atoms with van der Waals surface area (Å²) in [5.41, 5.74) is 0.761. The SMILES string of the molecule is CS(=O)(=O)CCNC(=O)N1CCN(CC(=O)Nc2ccccc2)CC1. The Morgan fingerprint density at radius 3 is 2.32 bits per heavy atom. The number of sulfone groups is 1. The Bertz CT molecular complexity index is 685. The van der Waals surface area contributed by atoms with E-state index in [9.17, 15) is 18.0 Å². The minimum Gasteiger partial charge on any atom is -0.337 e. The second-order valence-electron chi connectivity index (χ2n) is 6.04. The van der Waals surface area contributed by atoms with Crippen LogP contribution in [0.4, 0.5) is 10.5 Å². The van der Waals surface area contributed by atoms with E-state index in [1.807, 2.05) is 35.2 Å². The zero-order valence-electron chi connectivity index (χ0n) is 14.3. The van der Waals surface area contributed by atoms with Gasteiger partial charge in [0.15, 0.2) is 0 Å². The lowest BCUT2D eigenvalue weighted by Gasteiger charge is -2.34. The van der Waals surface area contributed by atoms with Gasteiger partial charge in [-0.2, -0.15) is 0 Å². The Labute approximate surface area is 148 Å². The molecular formula is C16H24N4O4S. The van der Waals surface area contributed by atoms with Crippen LogP contribution in [0.1, 0.15) is 0 Å². The van der Waals surface area contributed by atoms with Gasteiger partial charge in [-0.15, -0.1) is 0 Å². The van der Waals surface area contributed by atoms with Crippen molar-refractivity contribution in [3.63, 3.8) is 0 Å². The van der Waals surface area contributed by atoms with Crippen LogP contribution in [0.5, 0.6) is 0 Å². The van der Waals surface area contributed by atoms with E-state index in [1.165, 1.54) is 0 Å². The Balaban J connectivity index is 1.68. The summed E-state index contributed by atoms with van der Waals surface area (Å²) < 4.78 is 22.1. The highest BCUT2D eigenvalue weighted by molar-refractivity contribution is 7.90. The zero-order valence-corrected chi connectivity index (χ0v) is 15.1. The average molecular weight is 368 g/mol. The second kappa shape index (κ2) is 8.82. The molecule has 0 saturated carbocycles. The molecule has 2 rings (SSSR count). The smallest absolute Gasteiger partial charge is 0.317 e. The molecule has 1 fully saturated rings. The molecule has 0 spiro atoms. The third-order valence-electron chi connectivity index (χ3n) is 3.83. The molecule has 0 bridgehead atoms. The van der Waals surface area contributed by atoms with Crippen molar-refractivity contribution in [2.45, 2.75) is 0 Å². The molecule has 0 radical (unpaired) electrons. The molecule has 25 heavy (non-hydrogen) atoms. The number of para-hydroxylation sites is 1.